The van der Waals surface area contributed by atoms with Gasteiger partial charge in [0.25, 0.3) is 0 Å². The lowest BCUT2D eigenvalue weighted by molar-refractivity contribution is 0.166. The van der Waals surface area contributed by atoms with Crippen LogP contribution in [0.15, 0.2) is 36.7 Å². The van der Waals surface area contributed by atoms with Crippen LogP contribution in [0, 0.1) is 0 Å². The Labute approximate surface area is 147 Å². The van der Waals surface area contributed by atoms with Crippen LogP contribution in [0.4, 0.5) is 5.82 Å². The first-order valence-electron chi connectivity index (χ1n) is 8.75. The number of nitrogen functional groups attached to an aromatic ring is 1. The summed E-state index contributed by atoms with van der Waals surface area (Å²) in [5.74, 6) is 0.506. The molecule has 3 aromatic rings. The smallest absolute Gasteiger partial charge is 0.143 e. The Balaban J connectivity index is 1.52. The summed E-state index contributed by atoms with van der Waals surface area (Å²) in [5, 5.41) is 4.44. The zero-order valence-electron chi connectivity index (χ0n) is 14.7. The zero-order valence-corrected chi connectivity index (χ0v) is 14.7. The van der Waals surface area contributed by atoms with Crippen molar-refractivity contribution in [3.8, 4) is 11.3 Å². The Morgan fingerprint density at radius 3 is 2.52 bits per heavy atom. The molecule has 1 aromatic carbocycles. The minimum atomic E-state index is 0.506. The topological polar surface area (TPSA) is 82.9 Å². The SMILES string of the molecule is CC1CN(Cc2ccc(-c3cc4c(N)ncnc4[nH]3)cc2)CC(C)N1. The van der Waals surface area contributed by atoms with E-state index in [0.717, 1.165) is 41.9 Å². The molecule has 0 amide bonds. The number of H-pyrrole nitrogens is 1. The maximum absolute atomic E-state index is 5.92. The average Bonchev–Trinajstić information content (AvgIpc) is 3.00. The number of rotatable bonds is 3. The number of hydrogen-bond donors (Lipinski definition) is 3. The Bertz CT molecular complexity index is 859. The summed E-state index contributed by atoms with van der Waals surface area (Å²) < 4.78 is 0. The molecule has 130 valence electrons. The Morgan fingerprint density at radius 1 is 1.12 bits per heavy atom. The van der Waals surface area contributed by atoms with Crippen LogP contribution < -0.4 is 11.1 Å². The Morgan fingerprint density at radius 2 is 1.84 bits per heavy atom. The van der Waals surface area contributed by atoms with Crippen LogP contribution in [0.1, 0.15) is 19.4 Å². The van der Waals surface area contributed by atoms with E-state index in [-0.39, 0.29) is 0 Å². The third-order valence-electron chi connectivity index (χ3n) is 4.76. The number of piperazine rings is 1. The second kappa shape index (κ2) is 6.46. The number of fused-ring (bicyclic) bond motifs is 1. The number of aromatic nitrogens is 3. The summed E-state index contributed by atoms with van der Waals surface area (Å²) in [4.78, 5) is 14.1. The predicted molar refractivity (Wildman–Crippen MR) is 101 cm³/mol. The first-order chi connectivity index (χ1) is 12.1. The van der Waals surface area contributed by atoms with E-state index in [4.69, 9.17) is 5.73 Å². The van der Waals surface area contributed by atoms with Gasteiger partial charge in [0.15, 0.2) is 0 Å². The van der Waals surface area contributed by atoms with Crippen LogP contribution in [0.25, 0.3) is 22.3 Å². The molecule has 1 fully saturated rings. The fourth-order valence-corrected chi connectivity index (χ4v) is 3.73. The first kappa shape index (κ1) is 16.1. The van der Waals surface area contributed by atoms with Crippen LogP contribution in [0.5, 0.6) is 0 Å². The third-order valence-corrected chi connectivity index (χ3v) is 4.76. The number of anilines is 1. The normalized spacial score (nSPS) is 21.7. The van der Waals surface area contributed by atoms with Gasteiger partial charge in [-0.2, -0.15) is 0 Å². The molecule has 6 nitrogen and oxygen atoms in total. The van der Waals surface area contributed by atoms with Gasteiger partial charge in [-0.1, -0.05) is 24.3 Å². The van der Waals surface area contributed by atoms with Crippen molar-refractivity contribution in [1.82, 2.24) is 25.2 Å². The highest BCUT2D eigenvalue weighted by atomic mass is 15.2. The molecule has 1 aliphatic rings. The molecule has 0 bridgehead atoms. The summed E-state index contributed by atoms with van der Waals surface area (Å²) >= 11 is 0. The summed E-state index contributed by atoms with van der Waals surface area (Å²) in [5.41, 5.74) is 10.2. The van der Waals surface area contributed by atoms with Gasteiger partial charge < -0.3 is 16.0 Å². The summed E-state index contributed by atoms with van der Waals surface area (Å²) in [6, 6.07) is 11.8. The first-order valence-corrected chi connectivity index (χ1v) is 8.75. The summed E-state index contributed by atoms with van der Waals surface area (Å²) in [7, 11) is 0. The molecule has 6 heteroatoms. The minimum Gasteiger partial charge on any atom is -0.383 e. The quantitative estimate of drug-likeness (QED) is 0.684. The molecular weight excluding hydrogens is 312 g/mol. The summed E-state index contributed by atoms with van der Waals surface area (Å²) in [6.45, 7) is 7.66. The number of nitrogens with one attached hydrogen (secondary N) is 2. The molecule has 2 aromatic heterocycles. The highest BCUT2D eigenvalue weighted by Crippen LogP contribution is 2.25. The van der Waals surface area contributed by atoms with Gasteiger partial charge in [-0.15, -0.1) is 0 Å². The molecule has 1 aliphatic heterocycles. The maximum atomic E-state index is 5.92. The molecule has 0 spiro atoms. The Hall–Kier alpha value is -2.44. The van der Waals surface area contributed by atoms with Crippen molar-refractivity contribution < 1.29 is 0 Å². The van der Waals surface area contributed by atoms with E-state index in [0.29, 0.717) is 17.9 Å². The van der Waals surface area contributed by atoms with Gasteiger partial charge in [0.1, 0.15) is 17.8 Å². The average molecular weight is 336 g/mol. The lowest BCUT2D eigenvalue weighted by Crippen LogP contribution is -2.53. The van der Waals surface area contributed by atoms with E-state index < -0.39 is 0 Å². The lowest BCUT2D eigenvalue weighted by atomic mass is 10.1. The van der Waals surface area contributed by atoms with Crippen molar-refractivity contribution in [2.24, 2.45) is 0 Å². The van der Waals surface area contributed by atoms with Crippen molar-refractivity contribution in [1.29, 1.82) is 0 Å². The largest absolute Gasteiger partial charge is 0.383 e. The molecular formula is C19H24N6. The molecule has 0 aliphatic carbocycles. The molecule has 0 radical (unpaired) electrons. The van der Waals surface area contributed by atoms with Gasteiger partial charge in [-0.25, -0.2) is 9.97 Å². The van der Waals surface area contributed by atoms with Crippen molar-refractivity contribution in [3.05, 3.63) is 42.2 Å². The lowest BCUT2D eigenvalue weighted by Gasteiger charge is -2.36. The third kappa shape index (κ3) is 3.36. The number of hydrogen-bond acceptors (Lipinski definition) is 5. The van der Waals surface area contributed by atoms with E-state index in [9.17, 15) is 0 Å². The van der Waals surface area contributed by atoms with Gasteiger partial charge in [0.2, 0.25) is 0 Å². The molecule has 4 N–H and O–H groups in total. The van der Waals surface area contributed by atoms with Gasteiger partial charge in [0.05, 0.1) is 5.39 Å². The van der Waals surface area contributed by atoms with Crippen LogP contribution in [0.2, 0.25) is 0 Å². The zero-order chi connectivity index (χ0) is 17.4. The molecule has 0 saturated carbocycles. The van der Waals surface area contributed by atoms with Crippen LogP contribution in [-0.4, -0.2) is 45.0 Å². The minimum absolute atomic E-state index is 0.506. The molecule has 3 heterocycles. The second-order valence-corrected chi connectivity index (χ2v) is 7.06. The van der Waals surface area contributed by atoms with Gasteiger partial charge in [0, 0.05) is 37.4 Å². The fourth-order valence-electron chi connectivity index (χ4n) is 3.73. The number of aromatic amines is 1. The second-order valence-electron chi connectivity index (χ2n) is 7.06. The fraction of sp³-hybridized carbons (Fsp3) is 0.368. The number of nitrogens with zero attached hydrogens (tertiary/aromatic N) is 3. The van der Waals surface area contributed by atoms with Crippen LogP contribution in [-0.2, 0) is 6.54 Å². The van der Waals surface area contributed by atoms with E-state index in [1.807, 2.05) is 6.07 Å². The highest BCUT2D eigenvalue weighted by Gasteiger charge is 2.20. The van der Waals surface area contributed by atoms with E-state index >= 15 is 0 Å². The van der Waals surface area contributed by atoms with Crippen molar-refractivity contribution >= 4 is 16.9 Å². The Kier molecular flexibility index (Phi) is 4.15. The van der Waals surface area contributed by atoms with Gasteiger partial charge >= 0.3 is 0 Å². The molecule has 2 atom stereocenters. The molecule has 25 heavy (non-hydrogen) atoms. The molecule has 2 unspecified atom stereocenters. The van der Waals surface area contributed by atoms with Gasteiger partial charge in [-0.3, -0.25) is 4.90 Å². The monoisotopic (exact) mass is 336 g/mol. The maximum Gasteiger partial charge on any atom is 0.143 e. The van der Waals surface area contributed by atoms with Crippen molar-refractivity contribution in [2.45, 2.75) is 32.5 Å². The molecule has 4 rings (SSSR count). The number of benzene rings is 1. The predicted octanol–water partition coefficient (Wildman–Crippen LogP) is 2.39. The van der Waals surface area contributed by atoms with E-state index in [1.54, 1.807) is 0 Å². The van der Waals surface area contributed by atoms with Crippen molar-refractivity contribution in [3.63, 3.8) is 0 Å². The van der Waals surface area contributed by atoms with Gasteiger partial charge in [-0.05, 0) is 31.0 Å². The van der Waals surface area contributed by atoms with E-state index in [2.05, 4.69) is 63.3 Å². The highest BCUT2D eigenvalue weighted by molar-refractivity contribution is 5.90. The van der Waals surface area contributed by atoms with Crippen molar-refractivity contribution in [2.75, 3.05) is 18.8 Å². The standard InChI is InChI=1S/C19H24N6/c1-12-8-25(9-13(2)23-12)10-14-3-5-15(6-4-14)17-7-16-18(20)21-11-22-19(16)24-17/h3-7,11-13,23H,8-10H2,1-2H3,(H3,20,21,22,24). The van der Waals surface area contributed by atoms with Crippen LogP contribution in [0.3, 0.4) is 0 Å². The molecule has 1 saturated heterocycles. The summed E-state index contributed by atoms with van der Waals surface area (Å²) in [6.07, 6.45) is 1.48. The van der Waals surface area contributed by atoms with E-state index in [1.165, 1.54) is 11.9 Å². The number of nitrogens with two attached hydrogens (primary N) is 1. The van der Waals surface area contributed by atoms with Crippen LogP contribution >= 0.6 is 0 Å².